The molecule has 22 heavy (non-hydrogen) atoms. The van der Waals surface area contributed by atoms with Gasteiger partial charge in [-0.3, -0.25) is 4.79 Å². The van der Waals surface area contributed by atoms with Crippen LogP contribution in [0.15, 0.2) is 12.2 Å². The van der Waals surface area contributed by atoms with E-state index in [2.05, 4.69) is 19.1 Å². The van der Waals surface area contributed by atoms with E-state index >= 15 is 0 Å². The molecule has 0 saturated carbocycles. The second-order valence-corrected chi connectivity index (χ2v) is 5.73. The van der Waals surface area contributed by atoms with Crippen molar-refractivity contribution in [1.82, 2.24) is 0 Å². The maximum atomic E-state index is 10.3. The first-order valence-corrected chi connectivity index (χ1v) is 8.64. The Kier molecular flexibility index (Phi) is 31.2. The molecule has 0 radical (unpaired) electrons. The van der Waals surface area contributed by atoms with Gasteiger partial charge in [-0.2, -0.15) is 0 Å². The molecule has 0 unspecified atom stereocenters. The summed E-state index contributed by atoms with van der Waals surface area (Å²) in [4.78, 5) is 10.3. The zero-order valence-electron chi connectivity index (χ0n) is 16.5. The van der Waals surface area contributed by atoms with Crippen LogP contribution in [0, 0.1) is 0 Å². The monoisotopic (exact) mass is 428 g/mol. The molecule has 0 aliphatic heterocycles. The summed E-state index contributed by atoms with van der Waals surface area (Å²) in [5.74, 6) is -0.664. The van der Waals surface area contributed by atoms with E-state index in [9.17, 15) is 4.79 Å². The predicted octanol–water partition coefficient (Wildman–Crippen LogP) is 5.95. The van der Waals surface area contributed by atoms with Crippen LogP contribution >= 0.6 is 0 Å². The number of carboxylic acid groups (broad SMARTS) is 1. The van der Waals surface area contributed by atoms with Crippen LogP contribution in [0.4, 0.5) is 0 Å². The predicted molar refractivity (Wildman–Crippen MR) is 95.1 cm³/mol. The number of aliphatic carboxylic acids is 1. The maximum absolute atomic E-state index is 10.3. The molecule has 0 spiro atoms. The molecule has 1 N–H and O–H groups in total. The quantitative estimate of drug-likeness (QED) is 0.199. The molecule has 0 fully saturated rings. The standard InChI is InChI=1S/C18H34O2.Fe.Sr.2H/c1-2-3-4-5-6-7-8-9-10-11-12-13-14-15-16-17-18(19)20;;;;/h9-10H,2-8,11-17H2,1H3,(H,19,20);;;;/q;;+2;2*-1. The van der Waals surface area contributed by atoms with Crippen LogP contribution in [-0.4, -0.2) is 56.6 Å². The third-order valence-corrected chi connectivity index (χ3v) is 3.65. The van der Waals surface area contributed by atoms with Crippen molar-refractivity contribution >= 4 is 51.5 Å². The van der Waals surface area contributed by atoms with Crippen LogP contribution in [0.2, 0.25) is 0 Å². The molecule has 0 atom stereocenters. The van der Waals surface area contributed by atoms with Crippen LogP contribution in [0.25, 0.3) is 0 Å². The third-order valence-electron chi connectivity index (χ3n) is 3.65. The molecule has 0 heterocycles. The summed E-state index contributed by atoms with van der Waals surface area (Å²) in [7, 11) is 0. The van der Waals surface area contributed by atoms with Crippen molar-refractivity contribution in [3.8, 4) is 0 Å². The van der Waals surface area contributed by atoms with Crippen LogP contribution in [0.5, 0.6) is 0 Å². The van der Waals surface area contributed by atoms with Gasteiger partial charge in [0.15, 0.2) is 0 Å². The van der Waals surface area contributed by atoms with Crippen molar-refractivity contribution in [2.24, 2.45) is 0 Å². The van der Waals surface area contributed by atoms with Crippen molar-refractivity contribution in [2.75, 3.05) is 0 Å². The first-order valence-electron chi connectivity index (χ1n) is 8.64. The minimum Gasteiger partial charge on any atom is -1.00 e. The molecular weight excluding hydrogens is 392 g/mol. The average molecular weight is 428 g/mol. The molecule has 130 valence electrons. The Hall–Kier alpha value is 1.21. The Bertz CT molecular complexity index is 255. The van der Waals surface area contributed by atoms with Gasteiger partial charge >= 0.3 is 51.5 Å². The van der Waals surface area contributed by atoms with E-state index in [1.807, 2.05) is 0 Å². The molecule has 2 nitrogen and oxygen atoms in total. The fourth-order valence-electron chi connectivity index (χ4n) is 2.35. The summed E-state index contributed by atoms with van der Waals surface area (Å²) in [6, 6.07) is 0. The molecule has 0 aliphatic rings. The van der Waals surface area contributed by atoms with E-state index in [4.69, 9.17) is 5.11 Å². The number of carboxylic acids is 1. The molecule has 0 rings (SSSR count). The first kappa shape index (κ1) is 28.0. The largest absolute Gasteiger partial charge is 2.00 e. The molecule has 0 aliphatic carbocycles. The van der Waals surface area contributed by atoms with E-state index in [1.165, 1.54) is 70.6 Å². The number of unbranched alkanes of at least 4 members (excludes halogenated alkanes) is 11. The zero-order valence-corrected chi connectivity index (χ0v) is 19.1. The summed E-state index contributed by atoms with van der Waals surface area (Å²) in [6.07, 6.45) is 21.2. The van der Waals surface area contributed by atoms with E-state index in [0.717, 1.165) is 12.8 Å². The Morgan fingerprint density at radius 3 is 1.68 bits per heavy atom. The van der Waals surface area contributed by atoms with Crippen LogP contribution in [0.3, 0.4) is 0 Å². The Morgan fingerprint density at radius 2 is 1.23 bits per heavy atom. The molecule has 4 heteroatoms. The Balaban J connectivity index is -0.000000301. The average Bonchev–Trinajstić information content (AvgIpc) is 2.43. The summed E-state index contributed by atoms with van der Waals surface area (Å²) >= 11 is 0. The Labute approximate surface area is 188 Å². The summed E-state index contributed by atoms with van der Waals surface area (Å²) in [5.41, 5.74) is 0. The fraction of sp³-hybridized carbons (Fsp3) is 0.833. The van der Waals surface area contributed by atoms with Gasteiger partial charge in [0, 0.05) is 23.5 Å². The number of carbonyl (C=O) groups is 1. The number of allylic oxidation sites excluding steroid dienone is 2. The van der Waals surface area contributed by atoms with Crippen molar-refractivity contribution in [1.29, 1.82) is 0 Å². The maximum Gasteiger partial charge on any atom is 2.00 e. The zero-order chi connectivity index (χ0) is 14.9. The summed E-state index contributed by atoms with van der Waals surface area (Å²) in [6.45, 7) is 2.26. The van der Waals surface area contributed by atoms with E-state index in [-0.39, 0.29) is 65.4 Å². The van der Waals surface area contributed by atoms with Crippen LogP contribution in [0.1, 0.15) is 99.7 Å². The van der Waals surface area contributed by atoms with E-state index in [0.29, 0.717) is 6.42 Å². The van der Waals surface area contributed by atoms with Gasteiger partial charge in [-0.05, 0) is 32.1 Å². The normalized spacial score (nSPS) is 10.2. The molecule has 0 saturated heterocycles. The van der Waals surface area contributed by atoms with Gasteiger partial charge in [0.05, 0.1) is 0 Å². The smallest absolute Gasteiger partial charge is 1.00 e. The minimum absolute atomic E-state index is 0. The van der Waals surface area contributed by atoms with Crippen molar-refractivity contribution in [3.05, 3.63) is 12.2 Å². The SMILES string of the molecule is CCCCCCCCC=CCCCCCCCC(=O)O.[Fe].[H-].[H-].[Sr+2]. The van der Waals surface area contributed by atoms with Crippen molar-refractivity contribution in [3.63, 3.8) is 0 Å². The van der Waals surface area contributed by atoms with Gasteiger partial charge in [0.25, 0.3) is 0 Å². The van der Waals surface area contributed by atoms with Gasteiger partial charge < -0.3 is 7.96 Å². The number of rotatable bonds is 15. The van der Waals surface area contributed by atoms with Gasteiger partial charge in [0.2, 0.25) is 0 Å². The van der Waals surface area contributed by atoms with Gasteiger partial charge in [-0.1, -0.05) is 70.4 Å². The van der Waals surface area contributed by atoms with E-state index in [1.54, 1.807) is 0 Å². The van der Waals surface area contributed by atoms with Crippen LogP contribution in [-0.2, 0) is 21.9 Å². The van der Waals surface area contributed by atoms with Gasteiger partial charge in [-0.25, -0.2) is 0 Å². The van der Waals surface area contributed by atoms with Crippen molar-refractivity contribution < 1.29 is 29.8 Å². The minimum atomic E-state index is -0.664. The van der Waals surface area contributed by atoms with Crippen LogP contribution < -0.4 is 0 Å². The summed E-state index contributed by atoms with van der Waals surface area (Å²) in [5, 5.41) is 8.51. The molecule has 0 aromatic rings. The fourth-order valence-corrected chi connectivity index (χ4v) is 2.35. The molecular formula is C18H36FeO2Sr. The second kappa shape index (κ2) is 24.5. The molecule has 0 amide bonds. The second-order valence-electron chi connectivity index (χ2n) is 5.73. The third kappa shape index (κ3) is 26.1. The van der Waals surface area contributed by atoms with Gasteiger partial charge in [0.1, 0.15) is 0 Å². The summed E-state index contributed by atoms with van der Waals surface area (Å²) < 4.78 is 0. The topological polar surface area (TPSA) is 37.3 Å². The van der Waals surface area contributed by atoms with Gasteiger partial charge in [-0.15, -0.1) is 0 Å². The molecule has 0 aromatic heterocycles. The first-order chi connectivity index (χ1) is 9.77. The molecule has 0 bridgehead atoms. The Morgan fingerprint density at radius 1 is 0.818 bits per heavy atom. The van der Waals surface area contributed by atoms with E-state index < -0.39 is 5.97 Å². The van der Waals surface area contributed by atoms with Crippen molar-refractivity contribution in [2.45, 2.75) is 96.8 Å². The molecule has 0 aromatic carbocycles. The number of hydrogen-bond donors (Lipinski definition) is 1. The number of hydrogen-bond acceptors (Lipinski definition) is 1.